The van der Waals surface area contributed by atoms with E-state index in [9.17, 15) is 10.0 Å². The van der Waals surface area contributed by atoms with Gasteiger partial charge in [0.25, 0.3) is 0 Å². The molecule has 0 aromatic rings. The third kappa shape index (κ3) is 15.1. The second-order valence-corrected chi connectivity index (χ2v) is 7.88. The molecule has 0 bridgehead atoms. The van der Waals surface area contributed by atoms with Crippen LogP contribution in [0.15, 0.2) is 0 Å². The molecule has 0 aromatic heterocycles. The summed E-state index contributed by atoms with van der Waals surface area (Å²) >= 11 is 0. The van der Waals surface area contributed by atoms with Gasteiger partial charge in [0.15, 0.2) is 0 Å². The minimum atomic E-state index is -1.09. The Balaban J connectivity index is 3.43. The lowest BCUT2D eigenvalue weighted by Crippen LogP contribution is -2.51. The van der Waals surface area contributed by atoms with Gasteiger partial charge in [-0.15, -0.1) is 0 Å². The Morgan fingerprint density at radius 2 is 1.00 bits per heavy atom. The molecule has 0 spiro atoms. The van der Waals surface area contributed by atoms with E-state index in [1.807, 2.05) is 0 Å². The van der Waals surface area contributed by atoms with Gasteiger partial charge in [0.1, 0.15) is 13.1 Å². The summed E-state index contributed by atoms with van der Waals surface area (Å²) in [7, 11) is 0. The Hall–Kier alpha value is -0.490. The van der Waals surface area contributed by atoms with E-state index in [1.165, 1.54) is 77.0 Å². The lowest BCUT2D eigenvalue weighted by molar-refractivity contribution is -0.805. The minimum absolute atomic E-state index is 0.155. The number of carbonyl (C=O) groups excluding carboxylic acids is 1. The Morgan fingerprint density at radius 1 is 0.667 bits per heavy atom. The third-order valence-electron chi connectivity index (χ3n) is 5.37. The summed E-state index contributed by atoms with van der Waals surface area (Å²) in [6.45, 7) is 1.30. The average molecular weight is 388 g/mol. The fourth-order valence-electron chi connectivity index (χ4n) is 3.54. The summed E-state index contributed by atoms with van der Waals surface area (Å²) in [5, 5.41) is 30.1. The molecule has 0 rings (SSSR count). The first kappa shape index (κ1) is 26.5. The number of quaternary nitrogens is 1. The molecule has 162 valence electrons. The smallest absolute Gasteiger partial charge is 0.313 e. The molecule has 0 aliphatic heterocycles. The molecule has 1 amide bonds. The Kier molecular flexibility index (Phi) is 18.5. The predicted molar refractivity (Wildman–Crippen MR) is 112 cm³/mol. The summed E-state index contributed by atoms with van der Waals surface area (Å²) < 4.78 is -1.09. The Bertz CT molecular complexity index is 330. The van der Waals surface area contributed by atoms with Crippen LogP contribution in [0.3, 0.4) is 0 Å². The van der Waals surface area contributed by atoms with Gasteiger partial charge in [-0.1, -0.05) is 96.8 Å². The van der Waals surface area contributed by atoms with Gasteiger partial charge in [-0.3, -0.25) is 4.65 Å². The number of hydrogen-bond donors (Lipinski definition) is 2. The summed E-state index contributed by atoms with van der Waals surface area (Å²) in [6.07, 6.45) is 19.2. The highest BCUT2D eigenvalue weighted by atomic mass is 16.6. The van der Waals surface area contributed by atoms with Crippen LogP contribution in [0.25, 0.3) is 0 Å². The third-order valence-corrected chi connectivity index (χ3v) is 5.37. The molecule has 0 heterocycles. The van der Waals surface area contributed by atoms with Crippen molar-refractivity contribution in [2.24, 2.45) is 0 Å². The van der Waals surface area contributed by atoms with Crippen LogP contribution in [-0.2, 0) is 4.79 Å². The Labute approximate surface area is 167 Å². The first-order valence-electron chi connectivity index (χ1n) is 11.4. The van der Waals surface area contributed by atoms with E-state index in [4.69, 9.17) is 10.2 Å². The second-order valence-electron chi connectivity index (χ2n) is 7.88. The average Bonchev–Trinajstić information content (AvgIpc) is 2.65. The van der Waals surface area contributed by atoms with Crippen molar-refractivity contribution >= 4 is 5.91 Å². The van der Waals surface area contributed by atoms with Gasteiger partial charge < -0.3 is 15.4 Å². The van der Waals surface area contributed by atoms with Crippen LogP contribution in [-0.4, -0.2) is 47.1 Å². The van der Waals surface area contributed by atoms with Crippen LogP contribution >= 0.6 is 0 Å². The van der Waals surface area contributed by atoms with Crippen molar-refractivity contribution in [1.29, 1.82) is 0 Å². The van der Waals surface area contributed by atoms with Crippen molar-refractivity contribution in [1.82, 2.24) is 0 Å². The van der Waals surface area contributed by atoms with Gasteiger partial charge in [-0.2, -0.15) is 0 Å². The zero-order chi connectivity index (χ0) is 20.2. The van der Waals surface area contributed by atoms with E-state index < -0.39 is 10.6 Å². The highest BCUT2D eigenvalue weighted by Gasteiger charge is 2.25. The molecule has 0 atom stereocenters. The standard InChI is InChI=1S/C22H45NO4/c1-2-3-4-5-6-7-8-9-10-11-12-13-14-15-16-17-22(26)23(27,18-20-24)19-21-25/h24-25H,2-21H2,1H3. The van der Waals surface area contributed by atoms with E-state index in [-0.39, 0.29) is 32.7 Å². The van der Waals surface area contributed by atoms with Crippen molar-refractivity contribution < 1.29 is 19.7 Å². The molecule has 0 saturated carbocycles. The number of rotatable bonds is 20. The van der Waals surface area contributed by atoms with Crippen LogP contribution in [0.2, 0.25) is 0 Å². The van der Waals surface area contributed by atoms with Gasteiger partial charge >= 0.3 is 5.91 Å². The highest BCUT2D eigenvalue weighted by molar-refractivity contribution is 5.69. The van der Waals surface area contributed by atoms with Crippen LogP contribution in [0.4, 0.5) is 0 Å². The molecular weight excluding hydrogens is 342 g/mol. The maximum Gasteiger partial charge on any atom is 0.313 e. The number of hydroxylamine groups is 3. The van der Waals surface area contributed by atoms with Crippen molar-refractivity contribution in [3.8, 4) is 0 Å². The molecule has 2 N–H and O–H groups in total. The highest BCUT2D eigenvalue weighted by Crippen LogP contribution is 2.15. The van der Waals surface area contributed by atoms with Crippen LogP contribution in [0, 0.1) is 5.21 Å². The van der Waals surface area contributed by atoms with Gasteiger partial charge in [-0.05, 0) is 6.42 Å². The lowest BCUT2D eigenvalue weighted by atomic mass is 10.0. The number of aliphatic hydroxyl groups is 2. The van der Waals surface area contributed by atoms with E-state index in [0.29, 0.717) is 0 Å². The molecule has 5 heteroatoms. The summed E-state index contributed by atoms with van der Waals surface area (Å²) in [5.41, 5.74) is 0. The zero-order valence-corrected chi connectivity index (χ0v) is 17.8. The van der Waals surface area contributed by atoms with Crippen LogP contribution in [0.1, 0.15) is 110 Å². The molecule has 0 fully saturated rings. The molecule has 0 aliphatic rings. The summed E-state index contributed by atoms with van der Waals surface area (Å²) in [4.78, 5) is 12.0. The normalized spacial score (nSPS) is 11.9. The maximum absolute atomic E-state index is 12.2. The molecule has 27 heavy (non-hydrogen) atoms. The summed E-state index contributed by atoms with van der Waals surface area (Å²) in [6, 6.07) is 0. The number of amides is 1. The first-order chi connectivity index (χ1) is 13.1. The molecular formula is C22H45NO4. The number of unbranched alkanes of at least 4 members (excludes halogenated alkanes) is 14. The molecule has 0 saturated heterocycles. The van der Waals surface area contributed by atoms with Gasteiger partial charge in [-0.25, -0.2) is 4.79 Å². The van der Waals surface area contributed by atoms with Crippen molar-refractivity contribution in [3.63, 3.8) is 0 Å². The van der Waals surface area contributed by atoms with E-state index in [1.54, 1.807) is 0 Å². The van der Waals surface area contributed by atoms with E-state index in [0.717, 1.165) is 19.3 Å². The van der Waals surface area contributed by atoms with Crippen LogP contribution < -0.4 is 0 Å². The van der Waals surface area contributed by atoms with E-state index >= 15 is 0 Å². The number of carbonyl (C=O) groups is 1. The zero-order valence-electron chi connectivity index (χ0n) is 17.8. The molecule has 0 unspecified atom stereocenters. The minimum Gasteiger partial charge on any atom is -0.625 e. The number of aliphatic hydroxyl groups excluding tert-OH is 2. The van der Waals surface area contributed by atoms with Gasteiger partial charge in [0.2, 0.25) is 0 Å². The quantitative estimate of drug-likeness (QED) is 0.173. The van der Waals surface area contributed by atoms with Crippen molar-refractivity contribution in [3.05, 3.63) is 5.21 Å². The monoisotopic (exact) mass is 387 g/mol. The summed E-state index contributed by atoms with van der Waals surface area (Å²) in [5.74, 6) is -0.409. The first-order valence-corrected chi connectivity index (χ1v) is 11.4. The largest absolute Gasteiger partial charge is 0.625 e. The van der Waals surface area contributed by atoms with Crippen LogP contribution in [0.5, 0.6) is 0 Å². The van der Waals surface area contributed by atoms with Crippen molar-refractivity contribution in [2.75, 3.05) is 26.3 Å². The van der Waals surface area contributed by atoms with Crippen molar-refractivity contribution in [2.45, 2.75) is 110 Å². The Morgan fingerprint density at radius 3 is 1.33 bits per heavy atom. The second kappa shape index (κ2) is 18.9. The number of hydrogen-bond acceptors (Lipinski definition) is 4. The predicted octanol–water partition coefficient (Wildman–Crippen LogP) is 5.07. The fraction of sp³-hybridized carbons (Fsp3) is 0.955. The maximum atomic E-state index is 12.2. The van der Waals surface area contributed by atoms with Gasteiger partial charge in [0.05, 0.1) is 19.6 Å². The molecule has 0 aromatic carbocycles. The van der Waals surface area contributed by atoms with Gasteiger partial charge in [0, 0.05) is 0 Å². The fourth-order valence-corrected chi connectivity index (χ4v) is 3.54. The lowest BCUT2D eigenvalue weighted by Gasteiger charge is -2.38. The number of nitrogens with zero attached hydrogens (tertiary/aromatic N) is 1. The molecule has 0 radical (unpaired) electrons. The SMILES string of the molecule is CCCCCCCCCCCCCCCCCC(=O)[N+]([O-])(CCO)CCO. The molecule has 5 nitrogen and oxygen atoms in total. The topological polar surface area (TPSA) is 80.6 Å². The molecule has 0 aliphatic carbocycles. The van der Waals surface area contributed by atoms with E-state index in [2.05, 4.69) is 6.92 Å².